The van der Waals surface area contributed by atoms with Crippen molar-refractivity contribution in [2.24, 2.45) is 11.8 Å². The third-order valence-corrected chi connectivity index (χ3v) is 7.49. The molecule has 3 aliphatic rings. The third-order valence-electron chi connectivity index (χ3n) is 7.49. The Morgan fingerprint density at radius 2 is 0.917 bits per heavy atom. The first-order chi connectivity index (χ1) is 17.7. The molecule has 1 saturated carbocycles. The number of hydrogen-bond acceptors (Lipinski definition) is 6. The van der Waals surface area contributed by atoms with Gasteiger partial charge in [0, 0.05) is 60.8 Å². The van der Waals surface area contributed by atoms with Gasteiger partial charge in [-0.25, -0.2) is 0 Å². The number of carbonyl (C=O) groups is 2. The molecular weight excluding hydrogens is 456 g/mol. The second kappa shape index (κ2) is 11.8. The van der Waals surface area contributed by atoms with E-state index in [1.807, 2.05) is 24.3 Å². The van der Waals surface area contributed by atoms with Gasteiger partial charge in [0.2, 0.25) is 11.8 Å². The van der Waals surface area contributed by atoms with Crippen molar-refractivity contribution in [3.8, 4) is 0 Å². The van der Waals surface area contributed by atoms with Gasteiger partial charge in [0.05, 0.1) is 26.4 Å². The van der Waals surface area contributed by atoms with Crippen LogP contribution in [0.3, 0.4) is 0 Å². The van der Waals surface area contributed by atoms with Gasteiger partial charge in [-0.2, -0.15) is 0 Å². The van der Waals surface area contributed by atoms with Crippen LogP contribution in [-0.2, 0) is 19.1 Å². The Bertz CT molecular complexity index is 923. The van der Waals surface area contributed by atoms with E-state index in [9.17, 15) is 9.59 Å². The molecule has 0 bridgehead atoms. The summed E-state index contributed by atoms with van der Waals surface area (Å²) in [6, 6.07) is 16.1. The normalized spacial score (nSPS) is 22.7. The van der Waals surface area contributed by atoms with Crippen molar-refractivity contribution in [3.63, 3.8) is 0 Å². The Balaban J connectivity index is 1.06. The van der Waals surface area contributed by atoms with Crippen LogP contribution in [0.25, 0.3) is 0 Å². The molecule has 2 saturated heterocycles. The Labute approximate surface area is 212 Å². The molecule has 192 valence electrons. The number of nitrogens with zero attached hydrogens (tertiary/aromatic N) is 2. The van der Waals surface area contributed by atoms with Crippen LogP contribution in [0.15, 0.2) is 48.5 Å². The first kappa shape index (κ1) is 24.6. The first-order valence-electron chi connectivity index (χ1n) is 13.1. The van der Waals surface area contributed by atoms with Gasteiger partial charge in [-0.15, -0.1) is 0 Å². The quantitative estimate of drug-likeness (QED) is 0.639. The first-order valence-corrected chi connectivity index (χ1v) is 13.1. The van der Waals surface area contributed by atoms with E-state index in [0.29, 0.717) is 0 Å². The zero-order valence-corrected chi connectivity index (χ0v) is 20.8. The summed E-state index contributed by atoms with van der Waals surface area (Å²) in [5.41, 5.74) is 3.94. The van der Waals surface area contributed by atoms with Crippen LogP contribution in [0.4, 0.5) is 22.7 Å². The Morgan fingerprint density at radius 1 is 0.583 bits per heavy atom. The highest BCUT2D eigenvalue weighted by atomic mass is 16.5. The standard InChI is InChI=1S/C28H36N4O4/c33-27(29-23-5-9-25(10-6-23)31-13-17-35-18-14-31)21-1-2-22(4-3-21)28(34)30-24-7-11-26(12-8-24)32-15-19-36-20-16-32/h5-12,21-22H,1-4,13-20H2,(H,29,33)(H,30,34). The molecule has 5 rings (SSSR count). The van der Waals surface area contributed by atoms with Gasteiger partial charge in [0.1, 0.15) is 0 Å². The van der Waals surface area contributed by atoms with E-state index >= 15 is 0 Å². The van der Waals surface area contributed by atoms with Crippen molar-refractivity contribution in [3.05, 3.63) is 48.5 Å². The highest BCUT2D eigenvalue weighted by Crippen LogP contribution is 2.31. The third kappa shape index (κ3) is 6.17. The van der Waals surface area contributed by atoms with E-state index < -0.39 is 0 Å². The summed E-state index contributed by atoms with van der Waals surface area (Å²) < 4.78 is 10.8. The fraction of sp³-hybridized carbons (Fsp3) is 0.500. The summed E-state index contributed by atoms with van der Waals surface area (Å²) in [6.45, 7) is 6.57. The van der Waals surface area contributed by atoms with Crippen LogP contribution >= 0.6 is 0 Å². The lowest BCUT2D eigenvalue weighted by atomic mass is 9.81. The number of nitrogens with one attached hydrogen (secondary N) is 2. The number of morpholine rings is 2. The number of benzene rings is 2. The lowest BCUT2D eigenvalue weighted by molar-refractivity contribution is -0.125. The lowest BCUT2D eigenvalue weighted by Gasteiger charge is -2.29. The minimum Gasteiger partial charge on any atom is -0.378 e. The number of rotatable bonds is 6. The van der Waals surface area contributed by atoms with Crippen LogP contribution < -0.4 is 20.4 Å². The minimum absolute atomic E-state index is 0.0479. The molecular formula is C28H36N4O4. The molecule has 0 atom stereocenters. The molecule has 2 aromatic carbocycles. The molecule has 2 aromatic rings. The zero-order chi connectivity index (χ0) is 24.7. The maximum atomic E-state index is 12.8. The molecule has 36 heavy (non-hydrogen) atoms. The highest BCUT2D eigenvalue weighted by molar-refractivity contribution is 5.94. The summed E-state index contributed by atoms with van der Waals surface area (Å²) in [4.78, 5) is 30.3. The summed E-state index contributed by atoms with van der Waals surface area (Å²) in [5, 5.41) is 6.13. The Kier molecular flexibility index (Phi) is 8.03. The summed E-state index contributed by atoms with van der Waals surface area (Å²) in [6.07, 6.45) is 2.91. The van der Waals surface area contributed by atoms with Crippen LogP contribution in [-0.4, -0.2) is 64.4 Å². The van der Waals surface area contributed by atoms with Gasteiger partial charge < -0.3 is 29.9 Å². The Morgan fingerprint density at radius 3 is 1.25 bits per heavy atom. The molecule has 2 aliphatic heterocycles. The van der Waals surface area contributed by atoms with Gasteiger partial charge in [-0.05, 0) is 74.2 Å². The van der Waals surface area contributed by atoms with Crippen molar-refractivity contribution >= 4 is 34.6 Å². The van der Waals surface area contributed by atoms with Crippen LogP contribution in [0, 0.1) is 11.8 Å². The van der Waals surface area contributed by atoms with E-state index in [-0.39, 0.29) is 23.7 Å². The minimum atomic E-state index is -0.0548. The number of anilines is 4. The van der Waals surface area contributed by atoms with Crippen LogP contribution in [0.1, 0.15) is 25.7 Å². The lowest BCUT2D eigenvalue weighted by Crippen LogP contribution is -2.36. The van der Waals surface area contributed by atoms with E-state index in [4.69, 9.17) is 9.47 Å². The van der Waals surface area contributed by atoms with Gasteiger partial charge >= 0.3 is 0 Å². The van der Waals surface area contributed by atoms with Crippen molar-refractivity contribution in [1.82, 2.24) is 0 Å². The van der Waals surface area contributed by atoms with Gasteiger partial charge in [0.15, 0.2) is 0 Å². The molecule has 3 fully saturated rings. The largest absolute Gasteiger partial charge is 0.378 e. The van der Waals surface area contributed by atoms with E-state index in [2.05, 4.69) is 44.7 Å². The summed E-state index contributed by atoms with van der Waals surface area (Å²) >= 11 is 0. The maximum absolute atomic E-state index is 12.8. The fourth-order valence-electron chi connectivity index (χ4n) is 5.26. The fourth-order valence-corrected chi connectivity index (χ4v) is 5.26. The van der Waals surface area contributed by atoms with Crippen LogP contribution in [0.5, 0.6) is 0 Å². The molecule has 2 N–H and O–H groups in total. The van der Waals surface area contributed by atoms with E-state index in [1.165, 1.54) is 0 Å². The number of hydrogen-bond donors (Lipinski definition) is 2. The molecule has 0 aromatic heterocycles. The highest BCUT2D eigenvalue weighted by Gasteiger charge is 2.30. The van der Waals surface area contributed by atoms with Gasteiger partial charge in [-0.3, -0.25) is 9.59 Å². The number of carbonyl (C=O) groups excluding carboxylic acids is 2. The van der Waals surface area contributed by atoms with Crippen molar-refractivity contribution in [2.75, 3.05) is 73.0 Å². The SMILES string of the molecule is O=C(Nc1ccc(N2CCOCC2)cc1)C1CCC(C(=O)Nc2ccc(N3CCOCC3)cc2)CC1. The summed E-state index contributed by atoms with van der Waals surface area (Å²) in [5.74, 6) is -0.0140. The second-order valence-electron chi connectivity index (χ2n) is 9.82. The molecule has 1 aliphatic carbocycles. The zero-order valence-electron chi connectivity index (χ0n) is 20.8. The molecule has 8 nitrogen and oxygen atoms in total. The molecule has 0 radical (unpaired) electrons. The maximum Gasteiger partial charge on any atom is 0.227 e. The molecule has 2 amide bonds. The van der Waals surface area contributed by atoms with Crippen molar-refractivity contribution in [1.29, 1.82) is 0 Å². The second-order valence-corrected chi connectivity index (χ2v) is 9.82. The monoisotopic (exact) mass is 492 g/mol. The molecule has 8 heteroatoms. The molecule has 2 heterocycles. The van der Waals surface area contributed by atoms with Crippen LogP contribution in [0.2, 0.25) is 0 Å². The topological polar surface area (TPSA) is 83.1 Å². The molecule has 0 spiro atoms. The average Bonchev–Trinajstić information content (AvgIpc) is 2.95. The smallest absolute Gasteiger partial charge is 0.227 e. The number of amides is 2. The predicted molar refractivity (Wildman–Crippen MR) is 142 cm³/mol. The average molecular weight is 493 g/mol. The summed E-state index contributed by atoms with van der Waals surface area (Å²) in [7, 11) is 0. The predicted octanol–water partition coefficient (Wildman–Crippen LogP) is 3.74. The molecule has 0 unspecified atom stereocenters. The van der Waals surface area contributed by atoms with Crippen molar-refractivity contribution in [2.45, 2.75) is 25.7 Å². The Hall–Kier alpha value is -3.10. The number of ether oxygens (including phenoxy) is 2. The van der Waals surface area contributed by atoms with Gasteiger partial charge in [-0.1, -0.05) is 0 Å². The van der Waals surface area contributed by atoms with E-state index in [0.717, 1.165) is 101 Å². The van der Waals surface area contributed by atoms with E-state index in [1.54, 1.807) is 0 Å². The van der Waals surface area contributed by atoms with Crippen molar-refractivity contribution < 1.29 is 19.1 Å². The van der Waals surface area contributed by atoms with Gasteiger partial charge in [0.25, 0.3) is 0 Å².